The van der Waals surface area contributed by atoms with Gasteiger partial charge in [-0.1, -0.05) is 18.2 Å². The summed E-state index contributed by atoms with van der Waals surface area (Å²) >= 11 is 1.55. The summed E-state index contributed by atoms with van der Waals surface area (Å²) in [5.74, 6) is -0.201. The molecule has 0 bridgehead atoms. The molecule has 1 unspecified atom stereocenters. The molecule has 3 rings (SSSR count). The molecular formula is C17H19N3O2S. The predicted molar refractivity (Wildman–Crippen MR) is 91.8 cm³/mol. The molecule has 0 aliphatic rings. The summed E-state index contributed by atoms with van der Waals surface area (Å²) in [5.41, 5.74) is 2.09. The van der Waals surface area contributed by atoms with Crippen LogP contribution >= 0.6 is 11.3 Å². The molecule has 2 N–H and O–H groups in total. The van der Waals surface area contributed by atoms with Crippen molar-refractivity contribution >= 4 is 27.3 Å². The highest BCUT2D eigenvalue weighted by atomic mass is 32.1. The van der Waals surface area contributed by atoms with Crippen molar-refractivity contribution in [2.75, 3.05) is 6.54 Å². The average molecular weight is 329 g/mol. The van der Waals surface area contributed by atoms with Gasteiger partial charge in [-0.3, -0.25) is 9.48 Å². The lowest BCUT2D eigenvalue weighted by Crippen LogP contribution is -2.29. The van der Waals surface area contributed by atoms with Crippen LogP contribution in [0.25, 0.3) is 10.1 Å². The first-order valence-electron chi connectivity index (χ1n) is 7.42. The Balaban J connectivity index is 1.71. The quantitative estimate of drug-likeness (QED) is 0.773. The van der Waals surface area contributed by atoms with Crippen LogP contribution in [0, 0.1) is 13.8 Å². The van der Waals surface area contributed by atoms with Crippen LogP contribution in [-0.4, -0.2) is 27.3 Å². The molecule has 0 aliphatic carbocycles. The van der Waals surface area contributed by atoms with E-state index in [1.807, 2.05) is 51.2 Å². The number of hydrogen-bond donors (Lipinski definition) is 2. The van der Waals surface area contributed by atoms with Crippen LogP contribution in [0.4, 0.5) is 0 Å². The Morgan fingerprint density at radius 3 is 2.78 bits per heavy atom. The number of nitrogens with one attached hydrogen (secondary N) is 1. The van der Waals surface area contributed by atoms with Gasteiger partial charge in [-0.05, 0) is 31.4 Å². The van der Waals surface area contributed by atoms with Crippen molar-refractivity contribution in [3.8, 4) is 0 Å². The van der Waals surface area contributed by atoms with Gasteiger partial charge in [0.2, 0.25) is 0 Å². The Kier molecular flexibility index (Phi) is 4.19. The van der Waals surface area contributed by atoms with Gasteiger partial charge < -0.3 is 10.4 Å². The molecular weight excluding hydrogens is 310 g/mol. The van der Waals surface area contributed by atoms with Crippen LogP contribution in [0.2, 0.25) is 0 Å². The van der Waals surface area contributed by atoms with Crippen molar-refractivity contribution in [1.29, 1.82) is 0 Å². The number of fused-ring (bicyclic) bond motifs is 1. The number of aliphatic hydroxyl groups excluding tert-OH is 1. The van der Waals surface area contributed by atoms with E-state index >= 15 is 0 Å². The van der Waals surface area contributed by atoms with E-state index in [1.165, 1.54) is 0 Å². The number of hydrogen-bond acceptors (Lipinski definition) is 4. The molecule has 3 aromatic rings. The Morgan fingerprint density at radius 2 is 2.13 bits per heavy atom. The summed E-state index contributed by atoms with van der Waals surface area (Å²) in [6, 6.07) is 9.96. The van der Waals surface area contributed by atoms with Crippen LogP contribution in [-0.2, 0) is 7.05 Å². The third-order valence-electron chi connectivity index (χ3n) is 3.97. The minimum absolute atomic E-state index is 0.180. The highest BCUT2D eigenvalue weighted by Gasteiger charge is 2.19. The molecule has 0 aliphatic heterocycles. The predicted octanol–water partition coefficient (Wildman–Crippen LogP) is 2.72. The van der Waals surface area contributed by atoms with E-state index in [2.05, 4.69) is 10.4 Å². The second kappa shape index (κ2) is 6.14. The van der Waals surface area contributed by atoms with Gasteiger partial charge in [0.05, 0.1) is 11.3 Å². The van der Waals surface area contributed by atoms with Gasteiger partial charge >= 0.3 is 0 Å². The second-order valence-electron chi connectivity index (χ2n) is 5.58. The number of aryl methyl sites for hydroxylation is 2. The molecule has 5 nitrogen and oxygen atoms in total. The first kappa shape index (κ1) is 15.7. The molecule has 0 saturated carbocycles. The summed E-state index contributed by atoms with van der Waals surface area (Å²) in [6.07, 6.45) is -0.714. The Labute approximate surface area is 138 Å². The molecule has 6 heteroatoms. The van der Waals surface area contributed by atoms with Gasteiger partial charge in [0.1, 0.15) is 6.10 Å². The fourth-order valence-corrected chi connectivity index (χ4v) is 3.70. The second-order valence-corrected chi connectivity index (χ2v) is 6.70. The topological polar surface area (TPSA) is 67.2 Å². The van der Waals surface area contributed by atoms with Crippen molar-refractivity contribution in [3.63, 3.8) is 0 Å². The first-order chi connectivity index (χ1) is 11.0. The lowest BCUT2D eigenvalue weighted by molar-refractivity contribution is 0.0916. The summed E-state index contributed by atoms with van der Waals surface area (Å²) < 4.78 is 2.82. The van der Waals surface area contributed by atoms with E-state index < -0.39 is 6.10 Å². The third kappa shape index (κ3) is 3.00. The van der Waals surface area contributed by atoms with Gasteiger partial charge in [0.15, 0.2) is 0 Å². The number of aliphatic hydroxyl groups is 1. The molecule has 0 saturated heterocycles. The zero-order chi connectivity index (χ0) is 16.6. The fraction of sp³-hybridized carbons (Fsp3) is 0.294. The minimum atomic E-state index is -0.714. The lowest BCUT2D eigenvalue weighted by Gasteiger charge is -2.10. The van der Waals surface area contributed by atoms with Gasteiger partial charge in [-0.15, -0.1) is 11.3 Å². The van der Waals surface area contributed by atoms with Crippen molar-refractivity contribution < 1.29 is 9.90 Å². The third-order valence-corrected chi connectivity index (χ3v) is 5.18. The molecule has 0 spiro atoms. The number of thiophene rings is 1. The first-order valence-corrected chi connectivity index (χ1v) is 8.24. The highest BCUT2D eigenvalue weighted by molar-refractivity contribution is 7.19. The summed E-state index contributed by atoms with van der Waals surface area (Å²) in [4.78, 5) is 13.2. The fourth-order valence-electron chi connectivity index (χ4n) is 2.65. The molecule has 120 valence electrons. The normalized spacial score (nSPS) is 12.5. The standard InChI is InChI=1S/C17H19N3O2S/c1-10-16(11(2)20(3)19-10)17(22)18-9-13(21)15-8-12-6-4-5-7-14(12)23-15/h4-8,13,21H,9H2,1-3H3,(H,18,22). The number of carbonyl (C=O) groups is 1. The van der Waals surface area contributed by atoms with E-state index in [4.69, 9.17) is 0 Å². The van der Waals surface area contributed by atoms with E-state index in [0.29, 0.717) is 11.3 Å². The van der Waals surface area contributed by atoms with Gasteiger partial charge in [-0.25, -0.2) is 0 Å². The van der Waals surface area contributed by atoms with Crippen molar-refractivity contribution in [2.24, 2.45) is 7.05 Å². The number of aromatic nitrogens is 2. The molecule has 1 atom stereocenters. The maximum atomic E-state index is 12.3. The number of amides is 1. The van der Waals surface area contributed by atoms with Crippen LogP contribution in [0.3, 0.4) is 0 Å². The molecule has 23 heavy (non-hydrogen) atoms. The SMILES string of the molecule is Cc1nn(C)c(C)c1C(=O)NCC(O)c1cc2ccccc2s1. The number of benzene rings is 1. The number of rotatable bonds is 4. The Morgan fingerprint density at radius 1 is 1.39 bits per heavy atom. The Hall–Kier alpha value is -2.18. The molecule has 0 radical (unpaired) electrons. The van der Waals surface area contributed by atoms with E-state index in [1.54, 1.807) is 16.0 Å². The van der Waals surface area contributed by atoms with Gasteiger partial charge in [0, 0.05) is 28.9 Å². The van der Waals surface area contributed by atoms with Crippen molar-refractivity contribution in [2.45, 2.75) is 20.0 Å². The zero-order valence-corrected chi connectivity index (χ0v) is 14.1. The highest BCUT2D eigenvalue weighted by Crippen LogP contribution is 2.29. The molecule has 0 fully saturated rings. The van der Waals surface area contributed by atoms with E-state index in [0.717, 1.165) is 20.7 Å². The van der Waals surface area contributed by atoms with Crippen LogP contribution < -0.4 is 5.32 Å². The van der Waals surface area contributed by atoms with E-state index in [-0.39, 0.29) is 12.5 Å². The lowest BCUT2D eigenvalue weighted by atomic mass is 10.1. The van der Waals surface area contributed by atoms with Crippen LogP contribution in [0.1, 0.15) is 32.7 Å². The summed E-state index contributed by atoms with van der Waals surface area (Å²) in [7, 11) is 1.81. The molecule has 2 aromatic heterocycles. The van der Waals surface area contributed by atoms with Gasteiger partial charge in [-0.2, -0.15) is 5.10 Å². The molecule has 1 amide bonds. The number of carbonyl (C=O) groups excluding carboxylic acids is 1. The molecule has 2 heterocycles. The largest absolute Gasteiger partial charge is 0.386 e. The van der Waals surface area contributed by atoms with Crippen LogP contribution in [0.5, 0.6) is 0 Å². The summed E-state index contributed by atoms with van der Waals surface area (Å²) in [5, 5.41) is 18.5. The van der Waals surface area contributed by atoms with Crippen molar-refractivity contribution in [3.05, 3.63) is 52.2 Å². The maximum Gasteiger partial charge on any atom is 0.255 e. The molecule has 1 aromatic carbocycles. The monoisotopic (exact) mass is 329 g/mol. The summed E-state index contributed by atoms with van der Waals surface area (Å²) in [6.45, 7) is 3.85. The number of nitrogens with zero attached hydrogens (tertiary/aromatic N) is 2. The van der Waals surface area contributed by atoms with E-state index in [9.17, 15) is 9.90 Å². The smallest absolute Gasteiger partial charge is 0.255 e. The maximum absolute atomic E-state index is 12.3. The Bertz CT molecular complexity index is 833. The van der Waals surface area contributed by atoms with Gasteiger partial charge in [0.25, 0.3) is 5.91 Å². The zero-order valence-electron chi connectivity index (χ0n) is 13.3. The average Bonchev–Trinajstić information content (AvgIpc) is 3.06. The van der Waals surface area contributed by atoms with Crippen molar-refractivity contribution in [1.82, 2.24) is 15.1 Å². The minimum Gasteiger partial charge on any atom is -0.386 e. The van der Waals surface area contributed by atoms with Crippen LogP contribution in [0.15, 0.2) is 30.3 Å².